The van der Waals surface area contributed by atoms with Crippen LogP contribution in [-0.4, -0.2) is 14.6 Å². The summed E-state index contributed by atoms with van der Waals surface area (Å²) in [7, 11) is 0.119. The first-order chi connectivity index (χ1) is 4.12. The van der Waals surface area contributed by atoms with Gasteiger partial charge in [0.2, 0.25) is 9.76 Å². The minimum atomic E-state index is 0.119. The van der Waals surface area contributed by atoms with Gasteiger partial charge in [-0.1, -0.05) is 27.2 Å². The van der Waals surface area contributed by atoms with Crippen molar-refractivity contribution in [2.75, 3.05) is 0 Å². The highest BCUT2D eigenvalue weighted by Crippen LogP contribution is 2.25. The minimum absolute atomic E-state index is 0.119. The maximum absolute atomic E-state index is 8.66. The Kier molecular flexibility index (Phi) is 4.15. The van der Waals surface area contributed by atoms with Crippen LogP contribution in [0.5, 0.6) is 0 Å². The normalized spacial score (nSPS) is 12.0. The molecule has 0 amide bonds. The quantitative estimate of drug-likeness (QED) is 0.597. The molecule has 0 aromatic carbocycles. The molecule has 0 aromatic rings. The first-order valence-corrected chi connectivity index (χ1v) is 4.65. The molecule has 0 aliphatic carbocycles. The summed E-state index contributed by atoms with van der Waals surface area (Å²) < 4.78 is 0. The Morgan fingerprint density at radius 2 is 2.00 bits per heavy atom. The second-order valence-corrected chi connectivity index (χ2v) is 3.92. The standard InChI is InChI=1S/C7H16OSi/c1-4-5-7(2,3)6-9-8/h8H,4-6H2,1-3H3. The Morgan fingerprint density at radius 1 is 1.44 bits per heavy atom. The molecule has 54 valence electrons. The van der Waals surface area contributed by atoms with Crippen molar-refractivity contribution in [1.82, 2.24) is 0 Å². The number of rotatable bonds is 4. The molecule has 0 bridgehead atoms. The van der Waals surface area contributed by atoms with Gasteiger partial charge in [-0.2, -0.15) is 0 Å². The summed E-state index contributed by atoms with van der Waals surface area (Å²) in [5.74, 6) is 0. The van der Waals surface area contributed by atoms with Gasteiger partial charge in [0, 0.05) is 0 Å². The molecule has 0 saturated heterocycles. The van der Waals surface area contributed by atoms with Crippen LogP contribution >= 0.6 is 0 Å². The second kappa shape index (κ2) is 4.07. The minimum Gasteiger partial charge on any atom is -0.432 e. The molecule has 0 saturated carbocycles. The molecule has 2 radical (unpaired) electrons. The zero-order chi connectivity index (χ0) is 7.33. The van der Waals surface area contributed by atoms with E-state index >= 15 is 0 Å². The molecule has 0 unspecified atom stereocenters. The van der Waals surface area contributed by atoms with Gasteiger partial charge in [-0.15, -0.1) is 0 Å². The van der Waals surface area contributed by atoms with Crippen molar-refractivity contribution in [3.63, 3.8) is 0 Å². The summed E-state index contributed by atoms with van der Waals surface area (Å²) >= 11 is 0. The molecule has 1 N–H and O–H groups in total. The summed E-state index contributed by atoms with van der Waals surface area (Å²) in [5, 5.41) is 0. The lowest BCUT2D eigenvalue weighted by molar-refractivity contribution is 0.361. The van der Waals surface area contributed by atoms with Crippen LogP contribution in [0.1, 0.15) is 33.6 Å². The van der Waals surface area contributed by atoms with Crippen LogP contribution in [-0.2, 0) is 0 Å². The largest absolute Gasteiger partial charge is 0.432 e. The molecule has 9 heavy (non-hydrogen) atoms. The van der Waals surface area contributed by atoms with Gasteiger partial charge in [0.1, 0.15) is 0 Å². The molecule has 0 fully saturated rings. The van der Waals surface area contributed by atoms with Crippen LogP contribution in [0.4, 0.5) is 0 Å². The van der Waals surface area contributed by atoms with Crippen molar-refractivity contribution in [3.05, 3.63) is 0 Å². The van der Waals surface area contributed by atoms with Crippen molar-refractivity contribution < 1.29 is 4.80 Å². The van der Waals surface area contributed by atoms with Crippen LogP contribution in [0.3, 0.4) is 0 Å². The zero-order valence-corrected chi connectivity index (χ0v) is 7.57. The van der Waals surface area contributed by atoms with Gasteiger partial charge in [0.15, 0.2) is 0 Å². The zero-order valence-electron chi connectivity index (χ0n) is 6.57. The predicted molar refractivity (Wildman–Crippen MR) is 41.5 cm³/mol. The molecule has 0 atom stereocenters. The maximum Gasteiger partial charge on any atom is 0.224 e. The van der Waals surface area contributed by atoms with E-state index in [1.54, 1.807) is 0 Å². The monoisotopic (exact) mass is 144 g/mol. The summed E-state index contributed by atoms with van der Waals surface area (Å²) in [6.07, 6.45) is 2.44. The van der Waals surface area contributed by atoms with E-state index in [1.807, 2.05) is 0 Å². The fraction of sp³-hybridized carbons (Fsp3) is 1.00. The molecule has 0 heterocycles. The number of hydrogen-bond donors (Lipinski definition) is 1. The Balaban J connectivity index is 3.43. The van der Waals surface area contributed by atoms with Crippen LogP contribution in [0.25, 0.3) is 0 Å². The summed E-state index contributed by atoms with van der Waals surface area (Å²) in [5.41, 5.74) is 0.363. The summed E-state index contributed by atoms with van der Waals surface area (Å²) in [4.78, 5) is 8.66. The third-order valence-electron chi connectivity index (χ3n) is 1.48. The van der Waals surface area contributed by atoms with Crippen molar-refractivity contribution in [1.29, 1.82) is 0 Å². The van der Waals surface area contributed by atoms with E-state index in [-0.39, 0.29) is 9.76 Å². The molecular formula is C7H16OSi. The Morgan fingerprint density at radius 3 is 2.33 bits per heavy atom. The number of hydrogen-bond acceptors (Lipinski definition) is 1. The topological polar surface area (TPSA) is 20.2 Å². The third-order valence-corrected chi connectivity index (χ3v) is 2.60. The van der Waals surface area contributed by atoms with Crippen molar-refractivity contribution in [2.45, 2.75) is 39.7 Å². The van der Waals surface area contributed by atoms with E-state index in [9.17, 15) is 0 Å². The highest BCUT2D eigenvalue weighted by molar-refractivity contribution is 6.25. The molecule has 0 aliphatic rings. The average Bonchev–Trinajstić information content (AvgIpc) is 1.64. The molecule has 0 rings (SSSR count). The fourth-order valence-electron chi connectivity index (χ4n) is 0.979. The Hall–Kier alpha value is 0.177. The van der Waals surface area contributed by atoms with Gasteiger partial charge in [-0.05, 0) is 17.9 Å². The lowest BCUT2D eigenvalue weighted by Crippen LogP contribution is -2.12. The second-order valence-electron chi connectivity index (χ2n) is 3.25. The lowest BCUT2D eigenvalue weighted by atomic mass is 9.91. The van der Waals surface area contributed by atoms with Gasteiger partial charge < -0.3 is 4.80 Å². The van der Waals surface area contributed by atoms with Crippen LogP contribution in [0.2, 0.25) is 6.04 Å². The van der Waals surface area contributed by atoms with Crippen LogP contribution in [0.15, 0.2) is 0 Å². The highest BCUT2D eigenvalue weighted by atomic mass is 28.2. The van der Waals surface area contributed by atoms with Crippen molar-refractivity contribution >= 4 is 9.76 Å². The molecule has 0 aromatic heterocycles. The SMILES string of the molecule is CCCC(C)(C)C[Si]O. The van der Waals surface area contributed by atoms with Crippen molar-refractivity contribution in [3.8, 4) is 0 Å². The van der Waals surface area contributed by atoms with E-state index in [1.165, 1.54) is 12.8 Å². The van der Waals surface area contributed by atoms with Gasteiger partial charge in [-0.25, -0.2) is 0 Å². The first-order valence-electron chi connectivity index (χ1n) is 3.49. The van der Waals surface area contributed by atoms with Crippen LogP contribution in [0, 0.1) is 5.41 Å². The van der Waals surface area contributed by atoms with Gasteiger partial charge in [0.25, 0.3) is 0 Å². The van der Waals surface area contributed by atoms with Crippen molar-refractivity contribution in [2.24, 2.45) is 5.41 Å². The first kappa shape index (κ1) is 9.18. The lowest BCUT2D eigenvalue weighted by Gasteiger charge is -2.21. The molecule has 0 aliphatic heterocycles. The molecular weight excluding hydrogens is 128 g/mol. The molecule has 1 nitrogen and oxygen atoms in total. The summed E-state index contributed by atoms with van der Waals surface area (Å²) in [6.45, 7) is 6.60. The third kappa shape index (κ3) is 4.67. The Bertz CT molecular complexity index is 63.3. The highest BCUT2D eigenvalue weighted by Gasteiger charge is 2.15. The van der Waals surface area contributed by atoms with E-state index in [2.05, 4.69) is 20.8 Å². The smallest absolute Gasteiger partial charge is 0.224 e. The summed E-state index contributed by atoms with van der Waals surface area (Å²) in [6, 6.07) is 0.959. The average molecular weight is 144 g/mol. The van der Waals surface area contributed by atoms with E-state index in [0.29, 0.717) is 5.41 Å². The predicted octanol–water partition coefficient (Wildman–Crippen LogP) is 1.84. The van der Waals surface area contributed by atoms with E-state index < -0.39 is 0 Å². The van der Waals surface area contributed by atoms with E-state index in [0.717, 1.165) is 6.04 Å². The molecule has 0 spiro atoms. The fourth-order valence-corrected chi connectivity index (χ4v) is 1.58. The van der Waals surface area contributed by atoms with Gasteiger partial charge in [-0.3, -0.25) is 0 Å². The Labute approximate surface area is 60.4 Å². The van der Waals surface area contributed by atoms with Crippen LogP contribution < -0.4 is 0 Å². The van der Waals surface area contributed by atoms with E-state index in [4.69, 9.17) is 4.80 Å². The van der Waals surface area contributed by atoms with Gasteiger partial charge in [0.05, 0.1) is 0 Å². The van der Waals surface area contributed by atoms with Gasteiger partial charge >= 0.3 is 0 Å². The maximum atomic E-state index is 8.66. The molecule has 2 heteroatoms.